The summed E-state index contributed by atoms with van der Waals surface area (Å²) < 4.78 is 17.7. The quantitative estimate of drug-likeness (QED) is 0.756. The first kappa shape index (κ1) is 14.0. The highest BCUT2D eigenvalue weighted by molar-refractivity contribution is 7.99. The van der Waals surface area contributed by atoms with Gasteiger partial charge in [0.15, 0.2) is 0 Å². The van der Waals surface area contributed by atoms with Crippen LogP contribution in [0.2, 0.25) is 0 Å². The van der Waals surface area contributed by atoms with Crippen LogP contribution in [-0.2, 0) is 15.3 Å². The third-order valence-electron chi connectivity index (χ3n) is 2.52. The number of carbonyl (C=O) groups is 1. The summed E-state index contributed by atoms with van der Waals surface area (Å²) in [6.45, 7) is 3.93. The van der Waals surface area contributed by atoms with Gasteiger partial charge in [0.25, 0.3) is 0 Å². The van der Waals surface area contributed by atoms with Gasteiger partial charge >= 0.3 is 5.97 Å². The van der Waals surface area contributed by atoms with Crippen molar-refractivity contribution in [1.29, 1.82) is 0 Å². The Bertz CT molecular complexity index is 393. The molecular formula is C13H17FO2S. The van der Waals surface area contributed by atoms with Crippen molar-refractivity contribution >= 4 is 17.7 Å². The Morgan fingerprint density at radius 3 is 2.88 bits per heavy atom. The van der Waals surface area contributed by atoms with Crippen LogP contribution in [0.5, 0.6) is 0 Å². The Balaban J connectivity index is 2.49. The monoisotopic (exact) mass is 256 g/mol. The summed E-state index contributed by atoms with van der Waals surface area (Å²) in [5.41, 5.74) is 2.05. The maximum absolute atomic E-state index is 13.1. The van der Waals surface area contributed by atoms with E-state index >= 15 is 0 Å². The zero-order valence-corrected chi connectivity index (χ0v) is 11.1. The second-order valence-electron chi connectivity index (χ2n) is 3.97. The van der Waals surface area contributed by atoms with Crippen LogP contribution in [0.4, 0.5) is 4.39 Å². The fourth-order valence-electron chi connectivity index (χ4n) is 1.40. The summed E-state index contributed by atoms with van der Waals surface area (Å²) in [4.78, 5) is 11.1. The largest absolute Gasteiger partial charge is 0.469 e. The lowest BCUT2D eigenvalue weighted by Crippen LogP contribution is -2.08. The van der Waals surface area contributed by atoms with Crippen molar-refractivity contribution < 1.29 is 13.9 Å². The molecule has 0 radical (unpaired) electrons. The van der Waals surface area contributed by atoms with Gasteiger partial charge in [-0.3, -0.25) is 4.79 Å². The van der Waals surface area contributed by atoms with Crippen LogP contribution in [-0.4, -0.2) is 18.3 Å². The van der Waals surface area contributed by atoms with Gasteiger partial charge in [-0.2, -0.15) is 11.8 Å². The third kappa shape index (κ3) is 4.77. The predicted molar refractivity (Wildman–Crippen MR) is 68.5 cm³/mol. The van der Waals surface area contributed by atoms with Gasteiger partial charge in [-0.1, -0.05) is 13.0 Å². The van der Waals surface area contributed by atoms with Gasteiger partial charge in [0.2, 0.25) is 0 Å². The molecule has 0 spiro atoms. The molecule has 0 aliphatic carbocycles. The molecule has 1 aromatic carbocycles. The van der Waals surface area contributed by atoms with Crippen molar-refractivity contribution in [3.05, 3.63) is 35.1 Å². The van der Waals surface area contributed by atoms with Gasteiger partial charge in [0, 0.05) is 11.0 Å². The van der Waals surface area contributed by atoms with E-state index in [1.807, 2.05) is 13.8 Å². The van der Waals surface area contributed by atoms with Crippen LogP contribution in [0, 0.1) is 12.7 Å². The molecule has 1 rings (SSSR count). The average molecular weight is 256 g/mol. The Hall–Kier alpha value is -1.03. The average Bonchev–Trinajstić information content (AvgIpc) is 2.30. The number of rotatable bonds is 5. The van der Waals surface area contributed by atoms with E-state index in [1.54, 1.807) is 23.9 Å². The molecule has 17 heavy (non-hydrogen) atoms. The lowest BCUT2D eigenvalue weighted by molar-refractivity contribution is -0.140. The normalized spacial score (nSPS) is 12.2. The van der Waals surface area contributed by atoms with E-state index in [9.17, 15) is 9.18 Å². The molecule has 0 aliphatic heterocycles. The summed E-state index contributed by atoms with van der Waals surface area (Å²) in [7, 11) is 1.39. The van der Waals surface area contributed by atoms with E-state index in [4.69, 9.17) is 0 Å². The highest BCUT2D eigenvalue weighted by Gasteiger charge is 2.10. The minimum atomic E-state index is -0.216. The lowest BCUT2D eigenvalue weighted by Gasteiger charge is -2.11. The number of hydrogen-bond donors (Lipinski definition) is 0. The van der Waals surface area contributed by atoms with Crippen LogP contribution >= 0.6 is 11.8 Å². The molecule has 1 aromatic rings. The van der Waals surface area contributed by atoms with Crippen LogP contribution in [0.3, 0.4) is 0 Å². The van der Waals surface area contributed by atoms with E-state index < -0.39 is 0 Å². The van der Waals surface area contributed by atoms with Crippen LogP contribution in [0.1, 0.15) is 24.5 Å². The first-order chi connectivity index (χ1) is 8.02. The zero-order chi connectivity index (χ0) is 12.8. The maximum atomic E-state index is 13.1. The predicted octanol–water partition coefficient (Wildman–Crippen LogP) is 3.32. The molecule has 0 heterocycles. The Labute approximate surface area is 106 Å². The molecule has 2 nitrogen and oxygen atoms in total. The molecule has 0 saturated heterocycles. The van der Waals surface area contributed by atoms with Gasteiger partial charge in [0.05, 0.1) is 13.5 Å². The number of methoxy groups -OCH3 is 1. The summed E-state index contributed by atoms with van der Waals surface area (Å²) in [6.07, 6.45) is 0.384. The molecule has 0 aliphatic rings. The Morgan fingerprint density at radius 2 is 2.24 bits per heavy atom. The van der Waals surface area contributed by atoms with Gasteiger partial charge in [-0.05, 0) is 30.2 Å². The molecule has 1 unspecified atom stereocenters. The Morgan fingerprint density at radius 1 is 1.53 bits per heavy atom. The fraction of sp³-hybridized carbons (Fsp3) is 0.462. The summed E-state index contributed by atoms with van der Waals surface area (Å²) in [6, 6.07) is 4.78. The number of esters is 1. The molecule has 0 saturated carbocycles. The van der Waals surface area contributed by atoms with Gasteiger partial charge < -0.3 is 4.74 Å². The van der Waals surface area contributed by atoms with Crippen molar-refractivity contribution in [1.82, 2.24) is 0 Å². The number of carbonyl (C=O) groups excluding carboxylic acids is 1. The Kier molecular flexibility index (Phi) is 5.48. The number of halogens is 1. The smallest absolute Gasteiger partial charge is 0.306 e. The van der Waals surface area contributed by atoms with Crippen molar-refractivity contribution in [2.24, 2.45) is 0 Å². The van der Waals surface area contributed by atoms with E-state index in [2.05, 4.69) is 4.74 Å². The van der Waals surface area contributed by atoms with Crippen molar-refractivity contribution in [2.45, 2.75) is 31.3 Å². The molecule has 4 heteroatoms. The van der Waals surface area contributed by atoms with Gasteiger partial charge in [-0.25, -0.2) is 4.39 Å². The number of hydrogen-bond acceptors (Lipinski definition) is 3. The van der Waals surface area contributed by atoms with Crippen LogP contribution < -0.4 is 0 Å². The minimum absolute atomic E-state index is 0.171. The fourth-order valence-corrected chi connectivity index (χ4v) is 2.43. The molecule has 1 atom stereocenters. The molecule has 0 aromatic heterocycles. The molecule has 0 N–H and O–H groups in total. The van der Waals surface area contributed by atoms with Crippen LogP contribution in [0.25, 0.3) is 0 Å². The number of thioether (sulfide) groups is 1. The highest BCUT2D eigenvalue weighted by atomic mass is 32.2. The lowest BCUT2D eigenvalue weighted by atomic mass is 10.1. The SMILES string of the molecule is COC(=O)CC(C)SCc1cc(F)ccc1C. The van der Waals surface area contributed by atoms with Gasteiger partial charge in [0.1, 0.15) is 5.82 Å². The van der Waals surface area contributed by atoms with E-state index in [0.717, 1.165) is 11.1 Å². The topological polar surface area (TPSA) is 26.3 Å². The molecular weight excluding hydrogens is 239 g/mol. The molecule has 0 fully saturated rings. The minimum Gasteiger partial charge on any atom is -0.469 e. The maximum Gasteiger partial charge on any atom is 0.306 e. The molecule has 0 bridgehead atoms. The summed E-state index contributed by atoms with van der Waals surface area (Å²) in [5.74, 6) is 0.287. The standard InChI is InChI=1S/C13H17FO2S/c1-9-4-5-12(14)7-11(9)8-17-10(2)6-13(15)16-3/h4-5,7,10H,6,8H2,1-3H3. The summed E-state index contributed by atoms with van der Waals surface area (Å²) in [5, 5.41) is 0.171. The van der Waals surface area contributed by atoms with E-state index in [0.29, 0.717) is 12.2 Å². The summed E-state index contributed by atoms with van der Waals surface area (Å²) >= 11 is 1.63. The first-order valence-electron chi connectivity index (χ1n) is 5.46. The first-order valence-corrected chi connectivity index (χ1v) is 6.51. The number of ether oxygens (including phenoxy) is 1. The van der Waals surface area contributed by atoms with Crippen molar-refractivity contribution in [3.63, 3.8) is 0 Å². The molecule has 0 amide bonds. The second kappa shape index (κ2) is 6.64. The zero-order valence-electron chi connectivity index (χ0n) is 10.3. The second-order valence-corrected chi connectivity index (χ2v) is 5.40. The van der Waals surface area contributed by atoms with E-state index in [1.165, 1.54) is 13.2 Å². The van der Waals surface area contributed by atoms with Gasteiger partial charge in [-0.15, -0.1) is 0 Å². The van der Waals surface area contributed by atoms with Crippen LogP contribution in [0.15, 0.2) is 18.2 Å². The van der Waals surface area contributed by atoms with Crippen molar-refractivity contribution in [2.75, 3.05) is 7.11 Å². The number of aryl methyl sites for hydroxylation is 1. The highest BCUT2D eigenvalue weighted by Crippen LogP contribution is 2.22. The third-order valence-corrected chi connectivity index (χ3v) is 3.73. The number of benzene rings is 1. The molecule has 94 valence electrons. The van der Waals surface area contributed by atoms with Crippen molar-refractivity contribution in [3.8, 4) is 0 Å². The van der Waals surface area contributed by atoms with E-state index in [-0.39, 0.29) is 17.0 Å².